The van der Waals surface area contributed by atoms with Crippen molar-refractivity contribution in [3.05, 3.63) is 0 Å². The van der Waals surface area contributed by atoms with Gasteiger partial charge in [-0.1, -0.05) is 0 Å². The standard InChI is InChI=1S/C13H20FNO3/c1-13(2)7-15(10-5-17-6-11(10)18-13)12(16)9-3-8(9)4-14/h8-11H,3-7H2,1-2H3/t8-,9+,10+,11+/m0/s1. The van der Waals surface area contributed by atoms with E-state index in [1.165, 1.54) is 0 Å². The summed E-state index contributed by atoms with van der Waals surface area (Å²) in [5, 5.41) is 0. The van der Waals surface area contributed by atoms with Crippen molar-refractivity contribution in [3.63, 3.8) is 0 Å². The van der Waals surface area contributed by atoms with E-state index >= 15 is 0 Å². The Morgan fingerprint density at radius 2 is 2.22 bits per heavy atom. The number of morpholine rings is 1. The molecule has 0 radical (unpaired) electrons. The van der Waals surface area contributed by atoms with Crippen LogP contribution in [0.4, 0.5) is 4.39 Å². The number of fused-ring (bicyclic) bond motifs is 1. The van der Waals surface area contributed by atoms with Gasteiger partial charge in [-0.2, -0.15) is 0 Å². The number of nitrogens with zero attached hydrogens (tertiary/aromatic N) is 1. The molecule has 5 heteroatoms. The first kappa shape index (κ1) is 12.4. The summed E-state index contributed by atoms with van der Waals surface area (Å²) in [6.45, 7) is 5.26. The molecule has 4 atom stereocenters. The number of rotatable bonds is 2. The van der Waals surface area contributed by atoms with Gasteiger partial charge in [0.15, 0.2) is 0 Å². The van der Waals surface area contributed by atoms with Gasteiger partial charge in [0.2, 0.25) is 5.91 Å². The summed E-state index contributed by atoms with van der Waals surface area (Å²) < 4.78 is 23.9. The fourth-order valence-corrected chi connectivity index (χ4v) is 3.08. The lowest BCUT2D eigenvalue weighted by Gasteiger charge is -2.45. The number of alkyl halides is 1. The molecule has 0 bridgehead atoms. The van der Waals surface area contributed by atoms with Gasteiger partial charge in [0.25, 0.3) is 0 Å². The molecule has 1 aliphatic carbocycles. The molecule has 3 aliphatic rings. The van der Waals surface area contributed by atoms with Gasteiger partial charge in [0.05, 0.1) is 31.5 Å². The first-order valence-electron chi connectivity index (χ1n) is 6.64. The minimum absolute atomic E-state index is 0.0198. The van der Waals surface area contributed by atoms with E-state index in [-0.39, 0.29) is 42.2 Å². The van der Waals surface area contributed by atoms with Crippen LogP contribution in [0.2, 0.25) is 0 Å². The Kier molecular flexibility index (Phi) is 2.86. The van der Waals surface area contributed by atoms with E-state index < -0.39 is 0 Å². The third kappa shape index (κ3) is 2.03. The summed E-state index contributed by atoms with van der Waals surface area (Å²) in [6.07, 6.45) is 0.672. The van der Waals surface area contributed by atoms with Gasteiger partial charge in [-0.3, -0.25) is 9.18 Å². The molecule has 2 heterocycles. The van der Waals surface area contributed by atoms with E-state index in [9.17, 15) is 9.18 Å². The summed E-state index contributed by atoms with van der Waals surface area (Å²) in [5.74, 6) is -0.0658. The fraction of sp³-hybridized carbons (Fsp3) is 0.923. The summed E-state index contributed by atoms with van der Waals surface area (Å²) >= 11 is 0. The van der Waals surface area contributed by atoms with Crippen LogP contribution in [0.25, 0.3) is 0 Å². The van der Waals surface area contributed by atoms with E-state index in [4.69, 9.17) is 9.47 Å². The Morgan fingerprint density at radius 3 is 2.89 bits per heavy atom. The molecule has 1 saturated carbocycles. The van der Waals surface area contributed by atoms with Gasteiger partial charge < -0.3 is 14.4 Å². The van der Waals surface area contributed by atoms with Crippen molar-refractivity contribution in [2.45, 2.75) is 38.0 Å². The minimum Gasteiger partial charge on any atom is -0.376 e. The molecule has 2 aliphatic heterocycles. The zero-order valence-corrected chi connectivity index (χ0v) is 10.9. The Hall–Kier alpha value is -0.680. The summed E-state index contributed by atoms with van der Waals surface area (Å²) in [5.41, 5.74) is -0.343. The predicted molar refractivity (Wildman–Crippen MR) is 62.8 cm³/mol. The maximum Gasteiger partial charge on any atom is 0.226 e. The van der Waals surface area contributed by atoms with E-state index in [0.717, 1.165) is 0 Å². The van der Waals surface area contributed by atoms with Crippen molar-refractivity contribution in [2.75, 3.05) is 26.4 Å². The molecule has 0 aromatic carbocycles. The molecular formula is C13H20FNO3. The van der Waals surface area contributed by atoms with Crippen LogP contribution >= 0.6 is 0 Å². The monoisotopic (exact) mass is 257 g/mol. The molecule has 4 nitrogen and oxygen atoms in total. The molecule has 2 saturated heterocycles. The number of hydrogen-bond donors (Lipinski definition) is 0. The molecule has 0 aromatic heterocycles. The first-order chi connectivity index (χ1) is 8.52. The normalized spacial score (nSPS) is 41.6. The van der Waals surface area contributed by atoms with Crippen molar-refractivity contribution in [3.8, 4) is 0 Å². The van der Waals surface area contributed by atoms with Gasteiger partial charge in [-0.15, -0.1) is 0 Å². The smallest absolute Gasteiger partial charge is 0.226 e. The highest BCUT2D eigenvalue weighted by molar-refractivity contribution is 5.82. The van der Waals surface area contributed by atoms with Crippen LogP contribution in [-0.2, 0) is 14.3 Å². The average Bonchev–Trinajstić information content (AvgIpc) is 2.97. The van der Waals surface area contributed by atoms with Gasteiger partial charge in [0, 0.05) is 12.5 Å². The second-order valence-electron chi connectivity index (χ2n) is 6.24. The molecule has 0 spiro atoms. The molecular weight excluding hydrogens is 237 g/mol. The third-order valence-electron chi connectivity index (χ3n) is 4.14. The quantitative estimate of drug-likeness (QED) is 0.740. The molecule has 1 amide bonds. The third-order valence-corrected chi connectivity index (χ3v) is 4.14. The molecule has 102 valence electrons. The molecule has 0 aromatic rings. The van der Waals surface area contributed by atoms with E-state index in [0.29, 0.717) is 26.2 Å². The fourth-order valence-electron chi connectivity index (χ4n) is 3.08. The van der Waals surface area contributed by atoms with E-state index in [2.05, 4.69) is 0 Å². The molecule has 0 unspecified atom stereocenters. The van der Waals surface area contributed by atoms with Gasteiger partial charge in [-0.25, -0.2) is 0 Å². The van der Waals surface area contributed by atoms with Gasteiger partial charge in [-0.05, 0) is 26.2 Å². The summed E-state index contributed by atoms with van der Waals surface area (Å²) in [6, 6.07) is 0.0198. The second-order valence-corrected chi connectivity index (χ2v) is 6.24. The van der Waals surface area contributed by atoms with Gasteiger partial charge >= 0.3 is 0 Å². The van der Waals surface area contributed by atoms with Crippen molar-refractivity contribution in [2.24, 2.45) is 11.8 Å². The zero-order chi connectivity index (χ0) is 12.9. The topological polar surface area (TPSA) is 38.8 Å². The number of ether oxygens (including phenoxy) is 2. The number of carbonyl (C=O) groups excluding carboxylic acids is 1. The lowest BCUT2D eigenvalue weighted by Crippen LogP contribution is -2.60. The van der Waals surface area contributed by atoms with E-state index in [1.54, 1.807) is 0 Å². The predicted octanol–water partition coefficient (Wildman–Crippen LogP) is 0.997. The highest BCUT2D eigenvalue weighted by Crippen LogP contribution is 2.42. The Balaban J connectivity index is 1.75. The second kappa shape index (κ2) is 4.17. The van der Waals surface area contributed by atoms with Crippen molar-refractivity contribution in [1.82, 2.24) is 4.90 Å². The van der Waals surface area contributed by atoms with Crippen molar-refractivity contribution in [1.29, 1.82) is 0 Å². The SMILES string of the molecule is CC1(C)CN(C(=O)[C@@H]2C[C@H]2CF)[C@@H]2COC[C@H]2O1. The van der Waals surface area contributed by atoms with E-state index in [1.807, 2.05) is 18.7 Å². The highest BCUT2D eigenvalue weighted by atomic mass is 19.1. The summed E-state index contributed by atoms with van der Waals surface area (Å²) in [7, 11) is 0. The van der Waals surface area contributed by atoms with Crippen LogP contribution in [0.15, 0.2) is 0 Å². The molecule has 18 heavy (non-hydrogen) atoms. The van der Waals surface area contributed by atoms with Crippen molar-refractivity contribution >= 4 is 5.91 Å². The molecule has 3 fully saturated rings. The zero-order valence-electron chi connectivity index (χ0n) is 10.9. The van der Waals surface area contributed by atoms with Crippen LogP contribution in [-0.4, -0.2) is 55.0 Å². The molecule has 3 rings (SSSR count). The molecule has 0 N–H and O–H groups in total. The Bertz CT molecular complexity index is 360. The number of halogens is 1. The van der Waals surface area contributed by atoms with Crippen LogP contribution in [0.1, 0.15) is 20.3 Å². The largest absolute Gasteiger partial charge is 0.376 e. The van der Waals surface area contributed by atoms with Crippen molar-refractivity contribution < 1.29 is 18.7 Å². The number of hydrogen-bond acceptors (Lipinski definition) is 3. The summed E-state index contributed by atoms with van der Waals surface area (Å²) in [4.78, 5) is 14.3. The Morgan fingerprint density at radius 1 is 1.44 bits per heavy atom. The number of carbonyl (C=O) groups is 1. The Labute approximate surface area is 106 Å². The van der Waals surface area contributed by atoms with Crippen LogP contribution in [0.5, 0.6) is 0 Å². The lowest BCUT2D eigenvalue weighted by atomic mass is 10.00. The maximum absolute atomic E-state index is 12.6. The highest BCUT2D eigenvalue weighted by Gasteiger charge is 2.51. The number of amides is 1. The first-order valence-corrected chi connectivity index (χ1v) is 6.64. The average molecular weight is 257 g/mol. The van der Waals surface area contributed by atoms with Crippen LogP contribution in [0.3, 0.4) is 0 Å². The van der Waals surface area contributed by atoms with Crippen LogP contribution < -0.4 is 0 Å². The van der Waals surface area contributed by atoms with Crippen LogP contribution in [0, 0.1) is 11.8 Å². The maximum atomic E-state index is 12.6. The van der Waals surface area contributed by atoms with Gasteiger partial charge in [0.1, 0.15) is 6.10 Å². The lowest BCUT2D eigenvalue weighted by molar-refractivity contribution is -0.170. The minimum atomic E-state index is -0.380.